The van der Waals surface area contributed by atoms with Crippen LogP contribution in [0.1, 0.15) is 33.6 Å². The first-order valence-electron chi connectivity index (χ1n) is 5.56. The van der Waals surface area contributed by atoms with Crippen molar-refractivity contribution in [1.82, 2.24) is 4.90 Å². The number of nitrogens with zero attached hydrogens (tertiary/aromatic N) is 2. The Hall–Kier alpha value is -1.25. The summed E-state index contributed by atoms with van der Waals surface area (Å²) in [7, 11) is 0. The molecule has 0 radical (unpaired) electrons. The molecule has 0 bridgehead atoms. The van der Waals surface area contributed by atoms with E-state index in [2.05, 4.69) is 30.3 Å². The van der Waals surface area contributed by atoms with Crippen molar-refractivity contribution in [3.8, 4) is 0 Å². The van der Waals surface area contributed by atoms with E-state index in [0.717, 1.165) is 31.8 Å². The minimum atomic E-state index is 0.514. The predicted octanol–water partition coefficient (Wildman–Crippen LogP) is 2.51. The molecule has 3 heteroatoms. The van der Waals surface area contributed by atoms with Gasteiger partial charge in [0.25, 0.3) is 0 Å². The van der Waals surface area contributed by atoms with E-state index in [9.17, 15) is 0 Å². The first kappa shape index (κ1) is 13.8. The van der Waals surface area contributed by atoms with Crippen LogP contribution in [0.3, 0.4) is 0 Å². The summed E-state index contributed by atoms with van der Waals surface area (Å²) >= 11 is 0. The summed E-state index contributed by atoms with van der Waals surface area (Å²) in [4.78, 5) is 6.41. The molecular weight excluding hydrogens is 186 g/mol. The number of hydrogen-bond acceptors (Lipinski definition) is 2. The second kappa shape index (κ2) is 8.09. The summed E-state index contributed by atoms with van der Waals surface area (Å²) in [6.07, 6.45) is 5.84. The standard InChI is InChI=1S/C12H23N3/c1-5-8-12(13)14-11(4)15(9-6-2)10-7-3/h5,8H,4,6-7,9-10H2,1-3H3,(H2,13,14)/b8-5-. The SMILES string of the molecule is C=C(/N=C(N)\C=C/C)N(CCC)CCC. The molecule has 15 heavy (non-hydrogen) atoms. The van der Waals surface area contributed by atoms with Gasteiger partial charge < -0.3 is 10.6 Å². The minimum Gasteiger partial charge on any atom is -0.384 e. The number of nitrogens with two attached hydrogens (primary N) is 1. The molecule has 86 valence electrons. The smallest absolute Gasteiger partial charge is 0.125 e. The van der Waals surface area contributed by atoms with E-state index in [1.807, 2.05) is 13.0 Å². The summed E-state index contributed by atoms with van der Waals surface area (Å²) in [6.45, 7) is 12.1. The zero-order chi connectivity index (χ0) is 11.7. The lowest BCUT2D eigenvalue weighted by Crippen LogP contribution is -2.24. The molecule has 3 nitrogen and oxygen atoms in total. The monoisotopic (exact) mass is 209 g/mol. The van der Waals surface area contributed by atoms with Gasteiger partial charge in [-0.15, -0.1) is 0 Å². The molecule has 0 aromatic carbocycles. The van der Waals surface area contributed by atoms with Crippen molar-refractivity contribution in [2.75, 3.05) is 13.1 Å². The summed E-state index contributed by atoms with van der Waals surface area (Å²) in [6, 6.07) is 0. The molecule has 0 aliphatic rings. The molecule has 0 atom stereocenters. The Morgan fingerprint density at radius 2 is 1.87 bits per heavy atom. The van der Waals surface area contributed by atoms with Crippen LogP contribution >= 0.6 is 0 Å². The molecule has 0 saturated carbocycles. The van der Waals surface area contributed by atoms with Gasteiger partial charge in [0.05, 0.1) is 0 Å². The maximum absolute atomic E-state index is 5.69. The summed E-state index contributed by atoms with van der Waals surface area (Å²) < 4.78 is 0. The van der Waals surface area contributed by atoms with Crippen LogP contribution in [0.25, 0.3) is 0 Å². The van der Waals surface area contributed by atoms with Gasteiger partial charge in [-0.2, -0.15) is 0 Å². The van der Waals surface area contributed by atoms with Gasteiger partial charge >= 0.3 is 0 Å². The Balaban J connectivity index is 4.42. The third-order valence-electron chi connectivity index (χ3n) is 1.95. The normalized spacial score (nSPS) is 12.1. The summed E-state index contributed by atoms with van der Waals surface area (Å²) in [5.41, 5.74) is 5.69. The van der Waals surface area contributed by atoms with Crippen LogP contribution in [-0.4, -0.2) is 23.8 Å². The lowest BCUT2D eigenvalue weighted by atomic mass is 10.3. The van der Waals surface area contributed by atoms with Gasteiger partial charge in [0.2, 0.25) is 0 Å². The number of aliphatic imine (C=N–C) groups is 1. The third kappa shape index (κ3) is 5.94. The van der Waals surface area contributed by atoms with Crippen LogP contribution < -0.4 is 5.73 Å². The maximum atomic E-state index is 5.69. The van der Waals surface area contributed by atoms with Crippen LogP contribution in [0.15, 0.2) is 29.5 Å². The lowest BCUT2D eigenvalue weighted by Gasteiger charge is -2.22. The number of allylic oxidation sites excluding steroid dienone is 1. The molecule has 0 fully saturated rings. The van der Waals surface area contributed by atoms with E-state index in [4.69, 9.17) is 5.73 Å². The molecule has 0 aromatic rings. The van der Waals surface area contributed by atoms with E-state index in [1.165, 1.54) is 0 Å². The van der Waals surface area contributed by atoms with Crippen molar-refractivity contribution in [3.63, 3.8) is 0 Å². The van der Waals surface area contributed by atoms with Crippen LogP contribution in [0, 0.1) is 0 Å². The largest absolute Gasteiger partial charge is 0.384 e. The lowest BCUT2D eigenvalue weighted by molar-refractivity contribution is 0.343. The molecule has 0 rings (SSSR count). The molecule has 0 spiro atoms. The van der Waals surface area contributed by atoms with E-state index < -0.39 is 0 Å². The summed E-state index contributed by atoms with van der Waals surface area (Å²) in [5, 5.41) is 0. The molecule has 0 unspecified atom stereocenters. The highest BCUT2D eigenvalue weighted by atomic mass is 15.2. The van der Waals surface area contributed by atoms with Gasteiger partial charge in [-0.25, -0.2) is 4.99 Å². The fourth-order valence-electron chi connectivity index (χ4n) is 1.34. The highest BCUT2D eigenvalue weighted by Crippen LogP contribution is 2.05. The molecule has 2 N–H and O–H groups in total. The zero-order valence-electron chi connectivity index (χ0n) is 10.2. The van der Waals surface area contributed by atoms with Gasteiger partial charge in [0.1, 0.15) is 11.7 Å². The van der Waals surface area contributed by atoms with Crippen molar-refractivity contribution in [3.05, 3.63) is 24.6 Å². The molecular formula is C12H23N3. The minimum absolute atomic E-state index is 0.514. The first-order chi connectivity index (χ1) is 7.15. The number of amidine groups is 1. The Labute approximate surface area is 93.4 Å². The molecule has 0 saturated heterocycles. The highest BCUT2D eigenvalue weighted by Gasteiger charge is 2.03. The molecule has 0 aliphatic carbocycles. The average Bonchev–Trinajstić information content (AvgIpc) is 2.17. The second-order valence-corrected chi connectivity index (χ2v) is 3.44. The van der Waals surface area contributed by atoms with Crippen LogP contribution in [-0.2, 0) is 0 Å². The van der Waals surface area contributed by atoms with E-state index in [0.29, 0.717) is 5.84 Å². The molecule has 0 aliphatic heterocycles. The van der Waals surface area contributed by atoms with E-state index in [1.54, 1.807) is 6.08 Å². The molecule has 0 heterocycles. The highest BCUT2D eigenvalue weighted by molar-refractivity contribution is 5.91. The average molecular weight is 209 g/mol. The molecule has 0 amide bonds. The number of hydrogen-bond donors (Lipinski definition) is 1. The van der Waals surface area contributed by atoms with Crippen molar-refractivity contribution < 1.29 is 0 Å². The zero-order valence-corrected chi connectivity index (χ0v) is 10.2. The van der Waals surface area contributed by atoms with Gasteiger partial charge in [-0.1, -0.05) is 26.5 Å². The quantitative estimate of drug-likeness (QED) is 0.517. The van der Waals surface area contributed by atoms with Gasteiger partial charge in [-0.3, -0.25) is 0 Å². The fraction of sp³-hybridized carbons (Fsp3) is 0.583. The second-order valence-electron chi connectivity index (χ2n) is 3.44. The van der Waals surface area contributed by atoms with Crippen molar-refractivity contribution >= 4 is 5.84 Å². The van der Waals surface area contributed by atoms with Crippen LogP contribution in [0.2, 0.25) is 0 Å². The summed E-state index contributed by atoms with van der Waals surface area (Å²) in [5.74, 6) is 1.27. The predicted molar refractivity (Wildman–Crippen MR) is 67.7 cm³/mol. The Morgan fingerprint density at radius 3 is 2.27 bits per heavy atom. The van der Waals surface area contributed by atoms with Crippen LogP contribution in [0.5, 0.6) is 0 Å². The first-order valence-corrected chi connectivity index (χ1v) is 5.56. The Bertz CT molecular complexity index is 235. The molecule has 0 aromatic heterocycles. The number of rotatable bonds is 7. The van der Waals surface area contributed by atoms with Crippen LogP contribution in [0.4, 0.5) is 0 Å². The van der Waals surface area contributed by atoms with Gasteiger partial charge in [0, 0.05) is 13.1 Å². The van der Waals surface area contributed by atoms with Gasteiger partial charge in [0.15, 0.2) is 0 Å². The third-order valence-corrected chi connectivity index (χ3v) is 1.95. The van der Waals surface area contributed by atoms with Crippen molar-refractivity contribution in [2.24, 2.45) is 10.7 Å². The van der Waals surface area contributed by atoms with E-state index >= 15 is 0 Å². The fourth-order valence-corrected chi connectivity index (χ4v) is 1.34. The van der Waals surface area contributed by atoms with Gasteiger partial charge in [-0.05, 0) is 25.8 Å². The maximum Gasteiger partial charge on any atom is 0.125 e. The van der Waals surface area contributed by atoms with E-state index in [-0.39, 0.29) is 0 Å². The van der Waals surface area contributed by atoms with Crippen molar-refractivity contribution in [1.29, 1.82) is 0 Å². The Kier molecular flexibility index (Phi) is 7.42. The topological polar surface area (TPSA) is 41.6 Å². The van der Waals surface area contributed by atoms with Crippen molar-refractivity contribution in [2.45, 2.75) is 33.6 Å². The Morgan fingerprint density at radius 1 is 1.33 bits per heavy atom.